The van der Waals surface area contributed by atoms with Crippen LogP contribution < -0.4 is 15.4 Å². The third-order valence-electron chi connectivity index (χ3n) is 2.58. The predicted octanol–water partition coefficient (Wildman–Crippen LogP) is 1.80. The lowest BCUT2D eigenvalue weighted by Gasteiger charge is -2.21. The Morgan fingerprint density at radius 3 is 2.67 bits per heavy atom. The maximum absolute atomic E-state index is 11.8. The minimum atomic E-state index is -1.52. The van der Waals surface area contributed by atoms with E-state index in [4.69, 9.17) is 9.84 Å². The number of carbonyl (C=O) groups is 2. The molecule has 21 heavy (non-hydrogen) atoms. The van der Waals surface area contributed by atoms with E-state index in [1.54, 1.807) is 18.2 Å². The van der Waals surface area contributed by atoms with E-state index >= 15 is 0 Å². The summed E-state index contributed by atoms with van der Waals surface area (Å²) in [5.41, 5.74) is -1.03. The van der Waals surface area contributed by atoms with Crippen molar-refractivity contribution in [1.82, 2.24) is 5.32 Å². The van der Waals surface area contributed by atoms with E-state index in [1.807, 2.05) is 0 Å². The Hall–Kier alpha value is -1.80. The van der Waals surface area contributed by atoms with Crippen LogP contribution in [0.15, 0.2) is 22.7 Å². The van der Waals surface area contributed by atoms with E-state index in [2.05, 4.69) is 26.6 Å². The summed E-state index contributed by atoms with van der Waals surface area (Å²) in [6.07, 6.45) is -0.462. The summed E-state index contributed by atoms with van der Waals surface area (Å²) in [4.78, 5) is 22.3. The van der Waals surface area contributed by atoms with Gasteiger partial charge < -0.3 is 25.6 Å². The predicted molar refractivity (Wildman–Crippen MR) is 80.6 cm³/mol. The van der Waals surface area contributed by atoms with E-state index in [1.165, 1.54) is 14.0 Å². The molecule has 0 saturated heterocycles. The zero-order valence-electron chi connectivity index (χ0n) is 11.6. The van der Waals surface area contributed by atoms with E-state index in [-0.39, 0.29) is 6.54 Å². The number of carboxylic acid groups (broad SMARTS) is 1. The standard InChI is InChI=1S/C13H17BrN2O5/c1-13(20,6-11(17)18)7-15-12(19)16-10-5-8(21-2)3-4-9(10)14/h3-5,20H,6-7H2,1-2H3,(H,17,18)(H2,15,16,19). The summed E-state index contributed by atoms with van der Waals surface area (Å²) >= 11 is 3.29. The van der Waals surface area contributed by atoms with Crippen molar-refractivity contribution in [2.45, 2.75) is 18.9 Å². The van der Waals surface area contributed by atoms with Gasteiger partial charge in [-0.25, -0.2) is 4.79 Å². The topological polar surface area (TPSA) is 108 Å². The Balaban J connectivity index is 2.60. The summed E-state index contributed by atoms with van der Waals surface area (Å²) in [5, 5.41) is 23.4. The number of nitrogens with one attached hydrogen (secondary N) is 2. The fraction of sp³-hybridized carbons (Fsp3) is 0.385. The Labute approximate surface area is 130 Å². The molecule has 2 amide bonds. The molecule has 0 aliphatic carbocycles. The maximum Gasteiger partial charge on any atom is 0.319 e. The van der Waals surface area contributed by atoms with Crippen LogP contribution in [0.2, 0.25) is 0 Å². The zero-order chi connectivity index (χ0) is 16.0. The highest BCUT2D eigenvalue weighted by Gasteiger charge is 2.24. The number of ether oxygens (including phenoxy) is 1. The average molecular weight is 361 g/mol. The highest BCUT2D eigenvalue weighted by atomic mass is 79.9. The summed E-state index contributed by atoms with van der Waals surface area (Å²) in [5.74, 6) is -0.566. The lowest BCUT2D eigenvalue weighted by molar-refractivity contribution is -0.141. The van der Waals surface area contributed by atoms with Crippen molar-refractivity contribution in [3.63, 3.8) is 0 Å². The number of methoxy groups -OCH3 is 1. The van der Waals surface area contributed by atoms with E-state index in [0.29, 0.717) is 15.9 Å². The highest BCUT2D eigenvalue weighted by Crippen LogP contribution is 2.26. The molecule has 1 aromatic carbocycles. The van der Waals surface area contributed by atoms with Crippen LogP contribution in [0.1, 0.15) is 13.3 Å². The molecule has 1 atom stereocenters. The van der Waals surface area contributed by atoms with Crippen molar-refractivity contribution in [3.8, 4) is 5.75 Å². The normalized spacial score (nSPS) is 13.1. The number of hydrogen-bond donors (Lipinski definition) is 4. The lowest BCUT2D eigenvalue weighted by atomic mass is 10.0. The Morgan fingerprint density at radius 1 is 1.43 bits per heavy atom. The van der Waals surface area contributed by atoms with Crippen LogP contribution in [0, 0.1) is 0 Å². The number of amides is 2. The third-order valence-corrected chi connectivity index (χ3v) is 3.28. The van der Waals surface area contributed by atoms with Gasteiger partial charge in [0, 0.05) is 17.1 Å². The number of aliphatic hydroxyl groups is 1. The summed E-state index contributed by atoms with van der Waals surface area (Å²) in [7, 11) is 1.51. The molecule has 0 heterocycles. The number of benzene rings is 1. The van der Waals surface area contributed by atoms with Gasteiger partial charge in [0.25, 0.3) is 0 Å². The van der Waals surface area contributed by atoms with Crippen molar-refractivity contribution in [3.05, 3.63) is 22.7 Å². The molecule has 0 bridgehead atoms. The Kier molecular flexibility index (Phi) is 5.98. The second-order valence-corrected chi connectivity index (χ2v) is 5.58. The maximum atomic E-state index is 11.8. The van der Waals surface area contributed by atoms with E-state index < -0.39 is 24.0 Å². The minimum Gasteiger partial charge on any atom is -0.497 e. The summed E-state index contributed by atoms with van der Waals surface area (Å²) in [6.45, 7) is 1.15. The van der Waals surface area contributed by atoms with Gasteiger partial charge in [-0.1, -0.05) is 0 Å². The monoisotopic (exact) mass is 360 g/mol. The smallest absolute Gasteiger partial charge is 0.319 e. The van der Waals surface area contributed by atoms with Gasteiger partial charge in [-0.05, 0) is 35.0 Å². The molecule has 0 saturated carbocycles. The van der Waals surface area contributed by atoms with E-state index in [0.717, 1.165) is 0 Å². The third kappa shape index (κ3) is 6.01. The number of hydrogen-bond acceptors (Lipinski definition) is 4. The second-order valence-electron chi connectivity index (χ2n) is 4.72. The molecule has 4 N–H and O–H groups in total. The molecular formula is C13H17BrN2O5. The fourth-order valence-corrected chi connectivity index (χ4v) is 1.90. The molecule has 0 aliphatic rings. The fourth-order valence-electron chi connectivity index (χ4n) is 1.55. The van der Waals surface area contributed by atoms with Gasteiger partial charge in [-0.3, -0.25) is 4.79 Å². The van der Waals surface area contributed by atoms with Crippen molar-refractivity contribution < 1.29 is 24.5 Å². The van der Waals surface area contributed by atoms with E-state index in [9.17, 15) is 14.7 Å². The van der Waals surface area contributed by atoms with Crippen LogP contribution in [0.3, 0.4) is 0 Å². The molecule has 0 spiro atoms. The Morgan fingerprint density at radius 2 is 2.10 bits per heavy atom. The number of carboxylic acids is 1. The first-order chi connectivity index (χ1) is 9.73. The molecule has 1 rings (SSSR count). The van der Waals surface area contributed by atoms with Crippen LogP contribution in [-0.2, 0) is 4.79 Å². The number of aliphatic carboxylic acids is 1. The molecule has 1 unspecified atom stereocenters. The van der Waals surface area contributed by atoms with Crippen LogP contribution >= 0.6 is 15.9 Å². The van der Waals surface area contributed by atoms with Crippen LogP contribution in [0.5, 0.6) is 5.75 Å². The van der Waals surface area contributed by atoms with Crippen molar-refractivity contribution in [2.75, 3.05) is 19.0 Å². The first-order valence-corrected chi connectivity index (χ1v) is 6.85. The van der Waals surface area contributed by atoms with Gasteiger partial charge >= 0.3 is 12.0 Å². The first kappa shape index (κ1) is 17.3. The number of rotatable bonds is 6. The van der Waals surface area contributed by atoms with Crippen LogP contribution in [0.4, 0.5) is 10.5 Å². The Bertz CT molecular complexity index is 533. The molecule has 8 heteroatoms. The summed E-state index contributed by atoms with van der Waals surface area (Å²) in [6, 6.07) is 4.51. The molecule has 0 aromatic heterocycles. The van der Waals surface area contributed by atoms with Crippen molar-refractivity contribution in [2.24, 2.45) is 0 Å². The quantitative estimate of drug-likeness (QED) is 0.618. The SMILES string of the molecule is COc1ccc(Br)c(NC(=O)NCC(C)(O)CC(=O)O)c1. The molecule has 7 nitrogen and oxygen atoms in total. The van der Waals surface area contributed by atoms with Gasteiger partial charge in [0.15, 0.2) is 0 Å². The average Bonchev–Trinajstić information content (AvgIpc) is 2.38. The first-order valence-electron chi connectivity index (χ1n) is 6.06. The molecular weight excluding hydrogens is 344 g/mol. The minimum absolute atomic E-state index is 0.188. The second kappa shape index (κ2) is 7.28. The number of urea groups is 1. The van der Waals surface area contributed by atoms with Crippen molar-refractivity contribution >= 4 is 33.6 Å². The van der Waals surface area contributed by atoms with Gasteiger partial charge in [0.2, 0.25) is 0 Å². The van der Waals surface area contributed by atoms with Gasteiger partial charge in [-0.2, -0.15) is 0 Å². The largest absolute Gasteiger partial charge is 0.497 e. The van der Waals surface area contributed by atoms with Crippen LogP contribution in [0.25, 0.3) is 0 Å². The van der Waals surface area contributed by atoms with Gasteiger partial charge in [0.1, 0.15) is 5.75 Å². The van der Waals surface area contributed by atoms with Gasteiger partial charge in [-0.15, -0.1) is 0 Å². The van der Waals surface area contributed by atoms with Gasteiger partial charge in [0.05, 0.1) is 24.8 Å². The zero-order valence-corrected chi connectivity index (χ0v) is 13.2. The van der Waals surface area contributed by atoms with Crippen molar-refractivity contribution in [1.29, 1.82) is 0 Å². The molecule has 116 valence electrons. The molecule has 0 aliphatic heterocycles. The number of halogens is 1. The number of carbonyl (C=O) groups excluding carboxylic acids is 1. The lowest BCUT2D eigenvalue weighted by Crippen LogP contribution is -2.43. The molecule has 0 fully saturated rings. The number of anilines is 1. The highest BCUT2D eigenvalue weighted by molar-refractivity contribution is 9.10. The van der Waals surface area contributed by atoms with Crippen LogP contribution in [-0.4, -0.2) is 41.5 Å². The molecule has 0 radical (unpaired) electrons. The summed E-state index contributed by atoms with van der Waals surface area (Å²) < 4.78 is 5.71. The molecule has 1 aromatic rings.